The Balaban J connectivity index is 2.21. The molecule has 2 aromatic rings. The zero-order chi connectivity index (χ0) is 14.3. The molecular formula is C14H18N4OS. The van der Waals surface area contributed by atoms with E-state index >= 15 is 0 Å². The van der Waals surface area contributed by atoms with Gasteiger partial charge in [-0.15, -0.1) is 11.3 Å². The van der Waals surface area contributed by atoms with Crippen molar-refractivity contribution in [2.24, 2.45) is 5.73 Å². The molecule has 0 bridgehead atoms. The van der Waals surface area contributed by atoms with Crippen LogP contribution in [0.5, 0.6) is 0 Å². The molecule has 0 aliphatic carbocycles. The van der Waals surface area contributed by atoms with Crippen LogP contribution in [0, 0.1) is 6.92 Å². The summed E-state index contributed by atoms with van der Waals surface area (Å²) in [6, 6.07) is 2.06. The summed E-state index contributed by atoms with van der Waals surface area (Å²) in [5, 5.41) is 0.885. The molecule has 5 nitrogen and oxygen atoms in total. The highest BCUT2D eigenvalue weighted by Crippen LogP contribution is 2.39. The first-order valence-corrected chi connectivity index (χ1v) is 7.64. The topological polar surface area (TPSA) is 85.2 Å². The Morgan fingerprint density at radius 2 is 2.05 bits per heavy atom. The van der Waals surface area contributed by atoms with Crippen LogP contribution in [0.2, 0.25) is 0 Å². The summed E-state index contributed by atoms with van der Waals surface area (Å²) in [5.74, 6) is -0.479. The van der Waals surface area contributed by atoms with E-state index in [2.05, 4.69) is 16.0 Å². The van der Waals surface area contributed by atoms with E-state index < -0.39 is 5.91 Å². The molecule has 3 rings (SSSR count). The third-order valence-corrected chi connectivity index (χ3v) is 4.84. The Labute approximate surface area is 121 Å². The monoisotopic (exact) mass is 290 g/mol. The van der Waals surface area contributed by atoms with E-state index in [0.29, 0.717) is 10.6 Å². The number of rotatable bonds is 2. The smallest absolute Gasteiger partial charge is 0.260 e. The number of aromatic nitrogens is 1. The minimum absolute atomic E-state index is 0.413. The number of pyridine rings is 1. The normalized spacial score (nSPS) is 15.8. The summed E-state index contributed by atoms with van der Waals surface area (Å²) in [7, 11) is 0. The lowest BCUT2D eigenvalue weighted by Gasteiger charge is -2.29. The highest BCUT2D eigenvalue weighted by atomic mass is 32.1. The van der Waals surface area contributed by atoms with Gasteiger partial charge in [-0.05, 0) is 32.3 Å². The van der Waals surface area contributed by atoms with Crippen LogP contribution in [0.1, 0.15) is 34.6 Å². The average Bonchev–Trinajstić information content (AvgIpc) is 2.76. The van der Waals surface area contributed by atoms with Crippen LogP contribution in [0.3, 0.4) is 0 Å². The quantitative estimate of drug-likeness (QED) is 0.888. The molecule has 3 heterocycles. The van der Waals surface area contributed by atoms with Crippen LogP contribution in [0.25, 0.3) is 10.2 Å². The van der Waals surface area contributed by atoms with E-state index in [1.807, 2.05) is 6.92 Å². The number of aryl methyl sites for hydroxylation is 1. The van der Waals surface area contributed by atoms with Crippen molar-refractivity contribution in [1.82, 2.24) is 4.98 Å². The zero-order valence-electron chi connectivity index (χ0n) is 11.5. The van der Waals surface area contributed by atoms with E-state index in [-0.39, 0.29) is 0 Å². The van der Waals surface area contributed by atoms with Crippen LogP contribution in [-0.2, 0) is 0 Å². The summed E-state index contributed by atoms with van der Waals surface area (Å²) in [6.45, 7) is 4.02. The number of carbonyl (C=O) groups is 1. The van der Waals surface area contributed by atoms with Crippen molar-refractivity contribution in [3.63, 3.8) is 0 Å². The Morgan fingerprint density at radius 3 is 2.70 bits per heavy atom. The van der Waals surface area contributed by atoms with E-state index in [1.165, 1.54) is 30.6 Å². The zero-order valence-corrected chi connectivity index (χ0v) is 12.3. The molecule has 106 valence electrons. The summed E-state index contributed by atoms with van der Waals surface area (Å²) in [4.78, 5) is 19.5. The fraction of sp³-hybridized carbons (Fsp3) is 0.429. The molecule has 2 aromatic heterocycles. The number of anilines is 2. The van der Waals surface area contributed by atoms with Crippen LogP contribution in [-0.4, -0.2) is 24.0 Å². The molecule has 1 amide bonds. The standard InChI is InChI=1S/C14H18N4OS/c1-8-7-9(18-5-3-2-4-6-18)10-11(15)12(13(16)19)20-14(10)17-8/h7H,2-6,15H2,1H3,(H2,16,19). The van der Waals surface area contributed by atoms with Crippen LogP contribution in [0.15, 0.2) is 6.07 Å². The molecule has 20 heavy (non-hydrogen) atoms. The molecule has 0 unspecified atom stereocenters. The molecule has 0 saturated carbocycles. The van der Waals surface area contributed by atoms with Crippen molar-refractivity contribution in [2.75, 3.05) is 23.7 Å². The number of piperidine rings is 1. The van der Waals surface area contributed by atoms with Crippen molar-refractivity contribution >= 4 is 38.8 Å². The summed E-state index contributed by atoms with van der Waals surface area (Å²) < 4.78 is 0. The number of thiophene rings is 1. The van der Waals surface area contributed by atoms with E-state index in [1.54, 1.807) is 0 Å². The minimum atomic E-state index is -0.479. The summed E-state index contributed by atoms with van der Waals surface area (Å²) in [5.41, 5.74) is 14.0. The number of nitrogens with two attached hydrogens (primary N) is 2. The van der Waals surface area contributed by atoms with Gasteiger partial charge in [0.2, 0.25) is 0 Å². The maximum atomic E-state index is 11.5. The first kappa shape index (κ1) is 13.2. The van der Waals surface area contributed by atoms with E-state index in [4.69, 9.17) is 11.5 Å². The Morgan fingerprint density at radius 1 is 1.35 bits per heavy atom. The molecule has 6 heteroatoms. The molecular weight excluding hydrogens is 272 g/mol. The largest absolute Gasteiger partial charge is 0.397 e. The Hall–Kier alpha value is -1.82. The highest BCUT2D eigenvalue weighted by molar-refractivity contribution is 7.21. The average molecular weight is 290 g/mol. The fourth-order valence-electron chi connectivity index (χ4n) is 2.79. The van der Waals surface area contributed by atoms with Gasteiger partial charge in [0.15, 0.2) is 0 Å². The minimum Gasteiger partial charge on any atom is -0.397 e. The maximum Gasteiger partial charge on any atom is 0.260 e. The van der Waals surface area contributed by atoms with Gasteiger partial charge < -0.3 is 16.4 Å². The van der Waals surface area contributed by atoms with Gasteiger partial charge in [-0.3, -0.25) is 4.79 Å². The van der Waals surface area contributed by atoms with Gasteiger partial charge in [0, 0.05) is 18.8 Å². The molecule has 0 atom stereocenters. The van der Waals surface area contributed by atoms with Crippen molar-refractivity contribution in [3.8, 4) is 0 Å². The molecule has 1 fully saturated rings. The Kier molecular flexibility index (Phi) is 3.25. The van der Waals surface area contributed by atoms with Crippen LogP contribution >= 0.6 is 11.3 Å². The van der Waals surface area contributed by atoms with E-state index in [0.717, 1.165) is 34.7 Å². The number of hydrogen-bond acceptors (Lipinski definition) is 5. The van der Waals surface area contributed by atoms with Gasteiger partial charge in [0.25, 0.3) is 5.91 Å². The first-order chi connectivity index (χ1) is 9.58. The van der Waals surface area contributed by atoms with Crippen molar-refractivity contribution in [3.05, 3.63) is 16.6 Å². The number of nitrogens with zero attached hydrogens (tertiary/aromatic N) is 2. The SMILES string of the molecule is Cc1cc(N2CCCCC2)c2c(N)c(C(N)=O)sc2n1. The number of amides is 1. The predicted octanol–water partition coefficient (Wildman–Crippen LogP) is 2.28. The number of nitrogen functional groups attached to an aromatic ring is 1. The van der Waals surface area contributed by atoms with Gasteiger partial charge in [-0.1, -0.05) is 0 Å². The van der Waals surface area contributed by atoms with E-state index in [9.17, 15) is 4.79 Å². The maximum absolute atomic E-state index is 11.5. The summed E-state index contributed by atoms with van der Waals surface area (Å²) in [6.07, 6.45) is 3.65. The third kappa shape index (κ3) is 2.10. The summed E-state index contributed by atoms with van der Waals surface area (Å²) >= 11 is 1.29. The predicted molar refractivity (Wildman–Crippen MR) is 83.4 cm³/mol. The molecule has 1 aliphatic heterocycles. The van der Waals surface area contributed by atoms with Crippen molar-refractivity contribution in [2.45, 2.75) is 26.2 Å². The van der Waals surface area contributed by atoms with Gasteiger partial charge >= 0.3 is 0 Å². The van der Waals surface area contributed by atoms with Crippen LogP contribution < -0.4 is 16.4 Å². The number of fused-ring (bicyclic) bond motifs is 1. The fourth-order valence-corrected chi connectivity index (χ4v) is 3.80. The second-order valence-corrected chi connectivity index (χ2v) is 6.22. The molecule has 0 spiro atoms. The first-order valence-electron chi connectivity index (χ1n) is 6.82. The molecule has 0 aromatic carbocycles. The van der Waals surface area contributed by atoms with Gasteiger partial charge in [-0.2, -0.15) is 0 Å². The lowest BCUT2D eigenvalue weighted by Crippen LogP contribution is -2.29. The lowest BCUT2D eigenvalue weighted by molar-refractivity contribution is 0.100. The number of primary amides is 1. The number of hydrogen-bond donors (Lipinski definition) is 2. The molecule has 4 N–H and O–H groups in total. The highest BCUT2D eigenvalue weighted by Gasteiger charge is 2.21. The number of carbonyl (C=O) groups excluding carboxylic acids is 1. The lowest BCUT2D eigenvalue weighted by atomic mass is 10.1. The molecule has 1 aliphatic rings. The van der Waals surface area contributed by atoms with Crippen molar-refractivity contribution < 1.29 is 4.79 Å². The van der Waals surface area contributed by atoms with Crippen molar-refractivity contribution in [1.29, 1.82) is 0 Å². The second kappa shape index (κ2) is 4.94. The van der Waals surface area contributed by atoms with Gasteiger partial charge in [0.05, 0.1) is 16.8 Å². The molecule has 1 saturated heterocycles. The van der Waals surface area contributed by atoms with Crippen LogP contribution in [0.4, 0.5) is 11.4 Å². The van der Waals surface area contributed by atoms with Gasteiger partial charge in [0.1, 0.15) is 9.71 Å². The van der Waals surface area contributed by atoms with Gasteiger partial charge in [-0.25, -0.2) is 4.98 Å². The molecule has 0 radical (unpaired) electrons. The second-order valence-electron chi connectivity index (χ2n) is 5.22. The third-order valence-electron chi connectivity index (χ3n) is 3.73. The Bertz CT molecular complexity index is 673.